The molecular formula is C11H7Cl2N3O3. The fourth-order valence-electron chi connectivity index (χ4n) is 1.33. The minimum absolute atomic E-state index is 0.149. The van der Waals surface area contributed by atoms with E-state index in [1.165, 1.54) is 0 Å². The van der Waals surface area contributed by atoms with Crippen LogP contribution in [0.1, 0.15) is 5.56 Å². The molecule has 1 heterocycles. The molecule has 0 unspecified atom stereocenters. The van der Waals surface area contributed by atoms with Crippen LogP contribution in [0.25, 0.3) is 0 Å². The summed E-state index contributed by atoms with van der Waals surface area (Å²) in [6.07, 6.45) is 0.979. The standard InChI is InChI=1S/C11H7Cl2N3O3/c1-6-2-3-9(7(12)4-6)19-10-8(16(17)18)5-14-11(13)15-10/h2-5H,1H3. The van der Waals surface area contributed by atoms with Crippen LogP contribution in [-0.4, -0.2) is 14.9 Å². The van der Waals surface area contributed by atoms with E-state index in [9.17, 15) is 10.1 Å². The van der Waals surface area contributed by atoms with E-state index in [4.69, 9.17) is 27.9 Å². The van der Waals surface area contributed by atoms with E-state index < -0.39 is 4.92 Å². The van der Waals surface area contributed by atoms with Crippen molar-refractivity contribution in [2.24, 2.45) is 0 Å². The van der Waals surface area contributed by atoms with Crippen LogP contribution in [0.2, 0.25) is 10.3 Å². The first-order chi connectivity index (χ1) is 8.97. The van der Waals surface area contributed by atoms with Crippen LogP contribution in [0.15, 0.2) is 24.4 Å². The SMILES string of the molecule is Cc1ccc(Oc2nc(Cl)ncc2[N+](=O)[O-])c(Cl)c1. The number of hydrogen-bond acceptors (Lipinski definition) is 5. The molecule has 0 aliphatic heterocycles. The Labute approximate surface area is 118 Å². The number of rotatable bonds is 3. The molecule has 19 heavy (non-hydrogen) atoms. The smallest absolute Gasteiger partial charge is 0.349 e. The van der Waals surface area contributed by atoms with Gasteiger partial charge < -0.3 is 4.74 Å². The van der Waals surface area contributed by atoms with Crippen molar-refractivity contribution in [2.75, 3.05) is 0 Å². The van der Waals surface area contributed by atoms with Gasteiger partial charge >= 0.3 is 11.6 Å². The summed E-state index contributed by atoms with van der Waals surface area (Å²) >= 11 is 11.6. The van der Waals surface area contributed by atoms with Crippen LogP contribution < -0.4 is 4.74 Å². The van der Waals surface area contributed by atoms with E-state index in [2.05, 4.69) is 9.97 Å². The maximum absolute atomic E-state index is 10.8. The van der Waals surface area contributed by atoms with Gasteiger partial charge in [-0.25, -0.2) is 4.98 Å². The van der Waals surface area contributed by atoms with E-state index >= 15 is 0 Å². The number of aryl methyl sites for hydroxylation is 1. The molecule has 2 rings (SSSR count). The highest BCUT2D eigenvalue weighted by Gasteiger charge is 2.20. The van der Waals surface area contributed by atoms with Crippen LogP contribution in [0.4, 0.5) is 5.69 Å². The Morgan fingerprint density at radius 2 is 2.11 bits per heavy atom. The number of nitrogens with zero attached hydrogens (tertiary/aromatic N) is 3. The number of aromatic nitrogens is 2. The van der Waals surface area contributed by atoms with Gasteiger partial charge in [0.15, 0.2) is 0 Å². The van der Waals surface area contributed by atoms with Gasteiger partial charge in [0.25, 0.3) is 0 Å². The molecule has 6 nitrogen and oxygen atoms in total. The Balaban J connectivity index is 2.42. The maximum atomic E-state index is 10.8. The first kappa shape index (κ1) is 13.5. The van der Waals surface area contributed by atoms with E-state index in [-0.39, 0.29) is 22.6 Å². The third kappa shape index (κ3) is 3.10. The molecule has 0 atom stereocenters. The molecule has 0 fully saturated rings. The highest BCUT2D eigenvalue weighted by atomic mass is 35.5. The highest BCUT2D eigenvalue weighted by Crippen LogP contribution is 2.33. The zero-order valence-corrected chi connectivity index (χ0v) is 11.1. The lowest BCUT2D eigenvalue weighted by molar-refractivity contribution is -0.386. The van der Waals surface area contributed by atoms with Crippen molar-refractivity contribution in [1.82, 2.24) is 9.97 Å². The number of benzene rings is 1. The quantitative estimate of drug-likeness (QED) is 0.489. The second-order valence-electron chi connectivity index (χ2n) is 3.62. The average molecular weight is 300 g/mol. The summed E-state index contributed by atoms with van der Waals surface area (Å²) in [7, 11) is 0. The molecule has 0 spiro atoms. The fraction of sp³-hybridized carbons (Fsp3) is 0.0909. The largest absolute Gasteiger partial charge is 0.432 e. The molecule has 2 aromatic rings. The Kier molecular flexibility index (Phi) is 3.82. The first-order valence-electron chi connectivity index (χ1n) is 5.08. The van der Waals surface area contributed by atoms with Gasteiger partial charge in [-0.1, -0.05) is 17.7 Å². The second-order valence-corrected chi connectivity index (χ2v) is 4.37. The molecule has 0 aliphatic carbocycles. The minimum atomic E-state index is -0.659. The summed E-state index contributed by atoms with van der Waals surface area (Å²) in [4.78, 5) is 17.4. The minimum Gasteiger partial charge on any atom is -0.432 e. The first-order valence-corrected chi connectivity index (χ1v) is 5.84. The number of ether oxygens (including phenoxy) is 1. The van der Waals surface area contributed by atoms with Gasteiger partial charge in [-0.3, -0.25) is 10.1 Å². The fourth-order valence-corrected chi connectivity index (χ4v) is 1.73. The van der Waals surface area contributed by atoms with E-state index in [1.807, 2.05) is 6.92 Å². The van der Waals surface area contributed by atoms with Crippen LogP contribution in [0, 0.1) is 17.0 Å². The van der Waals surface area contributed by atoms with Crippen molar-refractivity contribution in [3.63, 3.8) is 0 Å². The average Bonchev–Trinajstić information content (AvgIpc) is 2.32. The van der Waals surface area contributed by atoms with E-state index in [0.29, 0.717) is 5.02 Å². The third-order valence-electron chi connectivity index (χ3n) is 2.20. The molecule has 98 valence electrons. The molecule has 0 saturated heterocycles. The summed E-state index contributed by atoms with van der Waals surface area (Å²) in [6.45, 7) is 1.86. The zero-order valence-electron chi connectivity index (χ0n) is 9.63. The molecular weight excluding hydrogens is 293 g/mol. The number of nitro groups is 1. The van der Waals surface area contributed by atoms with E-state index in [1.54, 1.807) is 18.2 Å². The molecule has 0 bridgehead atoms. The second kappa shape index (κ2) is 5.38. The monoisotopic (exact) mass is 299 g/mol. The molecule has 1 aromatic heterocycles. The van der Waals surface area contributed by atoms with Gasteiger partial charge in [0.1, 0.15) is 11.9 Å². The lowest BCUT2D eigenvalue weighted by Gasteiger charge is -2.07. The Bertz CT molecular complexity index is 649. The molecule has 0 amide bonds. The van der Waals surface area contributed by atoms with Gasteiger partial charge in [0, 0.05) is 0 Å². The number of halogens is 2. The Morgan fingerprint density at radius 3 is 2.74 bits per heavy atom. The van der Waals surface area contributed by atoms with Crippen LogP contribution in [-0.2, 0) is 0 Å². The molecule has 0 radical (unpaired) electrons. The molecule has 0 saturated carbocycles. The van der Waals surface area contributed by atoms with Crippen LogP contribution in [0.5, 0.6) is 11.6 Å². The lowest BCUT2D eigenvalue weighted by atomic mass is 10.2. The van der Waals surface area contributed by atoms with Crippen molar-refractivity contribution in [1.29, 1.82) is 0 Å². The molecule has 8 heteroatoms. The molecule has 0 aliphatic rings. The van der Waals surface area contributed by atoms with Gasteiger partial charge in [-0.2, -0.15) is 4.98 Å². The van der Waals surface area contributed by atoms with Crippen LogP contribution in [0.3, 0.4) is 0 Å². The summed E-state index contributed by atoms with van der Waals surface area (Å²) in [5, 5.41) is 11.0. The summed E-state index contributed by atoms with van der Waals surface area (Å²) in [6, 6.07) is 5.03. The van der Waals surface area contributed by atoms with Crippen molar-refractivity contribution < 1.29 is 9.66 Å². The van der Waals surface area contributed by atoms with Crippen molar-refractivity contribution in [3.8, 4) is 11.6 Å². The van der Waals surface area contributed by atoms with Gasteiger partial charge in [-0.05, 0) is 36.2 Å². The van der Waals surface area contributed by atoms with E-state index in [0.717, 1.165) is 11.8 Å². The Hall–Kier alpha value is -1.92. The molecule has 0 N–H and O–H groups in total. The van der Waals surface area contributed by atoms with Gasteiger partial charge in [-0.15, -0.1) is 0 Å². The van der Waals surface area contributed by atoms with Gasteiger partial charge in [0.2, 0.25) is 5.28 Å². The predicted molar refractivity (Wildman–Crippen MR) is 70.0 cm³/mol. The highest BCUT2D eigenvalue weighted by molar-refractivity contribution is 6.32. The Morgan fingerprint density at radius 1 is 1.37 bits per heavy atom. The van der Waals surface area contributed by atoms with Crippen molar-refractivity contribution >= 4 is 28.9 Å². The predicted octanol–water partition coefficient (Wildman–Crippen LogP) is 3.79. The summed E-state index contributed by atoms with van der Waals surface area (Å²) in [5.41, 5.74) is 0.550. The topological polar surface area (TPSA) is 78.2 Å². The zero-order chi connectivity index (χ0) is 14.0. The summed E-state index contributed by atoms with van der Waals surface area (Å²) in [5.74, 6) is 0.000821. The van der Waals surface area contributed by atoms with Crippen LogP contribution >= 0.6 is 23.2 Å². The maximum Gasteiger partial charge on any atom is 0.349 e. The molecule has 1 aromatic carbocycles. The summed E-state index contributed by atoms with van der Waals surface area (Å²) < 4.78 is 5.33. The normalized spacial score (nSPS) is 10.3. The van der Waals surface area contributed by atoms with Gasteiger partial charge in [0.05, 0.1) is 9.95 Å². The lowest BCUT2D eigenvalue weighted by Crippen LogP contribution is -1.98. The number of hydrogen-bond donors (Lipinski definition) is 0. The third-order valence-corrected chi connectivity index (χ3v) is 2.67. The van der Waals surface area contributed by atoms with Crippen molar-refractivity contribution in [3.05, 3.63) is 50.4 Å². The van der Waals surface area contributed by atoms with Crippen molar-refractivity contribution in [2.45, 2.75) is 6.92 Å².